The lowest BCUT2D eigenvalue weighted by Gasteiger charge is -2.35. The predicted molar refractivity (Wildman–Crippen MR) is 60.5 cm³/mol. The topological polar surface area (TPSA) is 110 Å². The van der Waals surface area contributed by atoms with Gasteiger partial charge < -0.3 is 25.7 Å². The highest BCUT2D eigenvalue weighted by molar-refractivity contribution is 5.70. The van der Waals surface area contributed by atoms with Gasteiger partial charge in [-0.25, -0.2) is 0 Å². The van der Waals surface area contributed by atoms with Crippen LogP contribution in [0.2, 0.25) is 0 Å². The summed E-state index contributed by atoms with van der Waals surface area (Å²) in [6.07, 6.45) is 1.04. The van der Waals surface area contributed by atoms with Crippen LogP contribution in [0.15, 0.2) is 0 Å². The van der Waals surface area contributed by atoms with E-state index in [2.05, 4.69) is 5.32 Å². The number of carboxylic acid groups (broad SMARTS) is 1. The van der Waals surface area contributed by atoms with E-state index in [9.17, 15) is 9.90 Å². The fraction of sp³-hybridized carbons (Fsp3) is 0.909. The van der Waals surface area contributed by atoms with Gasteiger partial charge in [0.1, 0.15) is 0 Å². The highest BCUT2D eigenvalue weighted by Crippen LogP contribution is 2.31. The van der Waals surface area contributed by atoms with Gasteiger partial charge in [-0.2, -0.15) is 0 Å². The van der Waals surface area contributed by atoms with Crippen molar-refractivity contribution in [3.05, 3.63) is 0 Å². The molecule has 5 N–H and O–H groups in total. The molecule has 0 radical (unpaired) electrons. The second-order valence-corrected chi connectivity index (χ2v) is 4.80. The third-order valence-electron chi connectivity index (χ3n) is 3.31. The zero-order valence-electron chi connectivity index (χ0n) is 9.80. The van der Waals surface area contributed by atoms with Gasteiger partial charge >= 0.3 is 5.97 Å². The Labute approximate surface area is 100 Å². The third-order valence-corrected chi connectivity index (χ3v) is 3.31. The van der Waals surface area contributed by atoms with E-state index in [4.69, 9.17) is 15.3 Å². The number of aliphatic carboxylic acids is 1. The van der Waals surface area contributed by atoms with E-state index in [1.165, 1.54) is 0 Å². The first-order valence-corrected chi connectivity index (χ1v) is 5.92. The highest BCUT2D eigenvalue weighted by atomic mass is 16.4. The molecular formula is C11H21NO5. The predicted octanol–water partition coefficient (Wildman–Crippen LogP) is -1.06. The Morgan fingerprint density at radius 1 is 1.41 bits per heavy atom. The lowest BCUT2D eigenvalue weighted by Crippen LogP contribution is -2.46. The van der Waals surface area contributed by atoms with Crippen LogP contribution in [0.5, 0.6) is 0 Å². The molecule has 1 atom stereocenters. The molecule has 0 spiro atoms. The van der Waals surface area contributed by atoms with Crippen molar-refractivity contribution < 1.29 is 25.2 Å². The Balaban J connectivity index is 2.27. The molecule has 0 bridgehead atoms. The number of aliphatic hydroxyl groups excluding tert-OH is 2. The minimum absolute atomic E-state index is 0.223. The smallest absolute Gasteiger partial charge is 0.306 e. The second kappa shape index (κ2) is 6.30. The standard InChI is InChI=1S/C11H21NO5/c13-6-9(14)5-12-7-11(17)3-1-8(2-4-11)10(15)16/h8-9,12-14,17H,1-7H2,(H,15,16). The summed E-state index contributed by atoms with van der Waals surface area (Å²) in [4.78, 5) is 10.7. The Kier molecular flexibility index (Phi) is 5.32. The van der Waals surface area contributed by atoms with Gasteiger partial charge in [-0.3, -0.25) is 4.79 Å². The van der Waals surface area contributed by atoms with Crippen molar-refractivity contribution in [3.63, 3.8) is 0 Å². The van der Waals surface area contributed by atoms with Crippen LogP contribution in [-0.4, -0.2) is 57.8 Å². The summed E-state index contributed by atoms with van der Waals surface area (Å²) < 4.78 is 0. The summed E-state index contributed by atoms with van der Waals surface area (Å²) in [6, 6.07) is 0. The largest absolute Gasteiger partial charge is 0.481 e. The van der Waals surface area contributed by atoms with Crippen LogP contribution in [0.4, 0.5) is 0 Å². The maximum atomic E-state index is 10.7. The van der Waals surface area contributed by atoms with Gasteiger partial charge in [0.05, 0.1) is 24.2 Å². The molecule has 0 saturated heterocycles. The Morgan fingerprint density at radius 2 is 2.00 bits per heavy atom. The fourth-order valence-electron chi connectivity index (χ4n) is 2.11. The Morgan fingerprint density at radius 3 is 2.47 bits per heavy atom. The van der Waals surface area contributed by atoms with Crippen molar-refractivity contribution >= 4 is 5.97 Å². The van der Waals surface area contributed by atoms with Gasteiger partial charge in [0.25, 0.3) is 0 Å². The molecule has 6 nitrogen and oxygen atoms in total. The van der Waals surface area contributed by atoms with E-state index in [0.29, 0.717) is 32.2 Å². The number of nitrogens with one attached hydrogen (secondary N) is 1. The third kappa shape index (κ3) is 4.59. The second-order valence-electron chi connectivity index (χ2n) is 4.80. The summed E-state index contributed by atoms with van der Waals surface area (Å²) in [5, 5.41) is 39.6. The summed E-state index contributed by atoms with van der Waals surface area (Å²) in [6.45, 7) is 0.226. The van der Waals surface area contributed by atoms with Gasteiger partial charge in [0.15, 0.2) is 0 Å². The molecule has 0 heterocycles. The molecule has 0 aromatic carbocycles. The maximum absolute atomic E-state index is 10.7. The van der Waals surface area contributed by atoms with E-state index >= 15 is 0 Å². The molecule has 1 fully saturated rings. The molecule has 0 aromatic heterocycles. The monoisotopic (exact) mass is 247 g/mol. The molecular weight excluding hydrogens is 226 g/mol. The average Bonchev–Trinajstić information content (AvgIpc) is 2.29. The van der Waals surface area contributed by atoms with Crippen molar-refractivity contribution in [1.82, 2.24) is 5.32 Å². The van der Waals surface area contributed by atoms with Crippen LogP contribution in [0.1, 0.15) is 25.7 Å². The van der Waals surface area contributed by atoms with Crippen molar-refractivity contribution in [2.75, 3.05) is 19.7 Å². The Bertz CT molecular complexity index is 250. The average molecular weight is 247 g/mol. The van der Waals surface area contributed by atoms with Gasteiger partial charge in [0, 0.05) is 13.1 Å². The van der Waals surface area contributed by atoms with E-state index < -0.39 is 17.7 Å². The number of hydrogen-bond donors (Lipinski definition) is 5. The maximum Gasteiger partial charge on any atom is 0.306 e. The zero-order valence-corrected chi connectivity index (χ0v) is 9.80. The van der Waals surface area contributed by atoms with Gasteiger partial charge in [-0.15, -0.1) is 0 Å². The summed E-state index contributed by atoms with van der Waals surface area (Å²) in [5.74, 6) is -1.14. The Hall–Kier alpha value is -0.690. The van der Waals surface area contributed by atoms with E-state index in [0.717, 1.165) is 0 Å². The van der Waals surface area contributed by atoms with Crippen LogP contribution < -0.4 is 5.32 Å². The number of rotatable bonds is 6. The minimum atomic E-state index is -0.888. The van der Waals surface area contributed by atoms with Crippen LogP contribution in [0, 0.1) is 5.92 Å². The number of hydrogen-bond acceptors (Lipinski definition) is 5. The quantitative estimate of drug-likeness (QED) is 0.409. The molecule has 100 valence electrons. The molecule has 0 aromatic rings. The van der Waals surface area contributed by atoms with E-state index in [1.54, 1.807) is 0 Å². The SMILES string of the molecule is O=C(O)C1CCC(O)(CNCC(O)CO)CC1. The molecule has 1 aliphatic carbocycles. The molecule has 0 aliphatic heterocycles. The molecule has 1 rings (SSSR count). The first kappa shape index (κ1) is 14.4. The zero-order chi connectivity index (χ0) is 12.9. The van der Waals surface area contributed by atoms with Crippen LogP contribution in [0.3, 0.4) is 0 Å². The van der Waals surface area contributed by atoms with Crippen molar-refractivity contribution in [3.8, 4) is 0 Å². The van der Waals surface area contributed by atoms with E-state index in [-0.39, 0.29) is 19.1 Å². The fourth-order valence-corrected chi connectivity index (χ4v) is 2.11. The molecule has 6 heteroatoms. The van der Waals surface area contributed by atoms with Crippen LogP contribution >= 0.6 is 0 Å². The first-order chi connectivity index (χ1) is 7.97. The van der Waals surface area contributed by atoms with Crippen LogP contribution in [0.25, 0.3) is 0 Å². The number of carboxylic acids is 1. The molecule has 0 amide bonds. The minimum Gasteiger partial charge on any atom is -0.481 e. The molecule has 1 saturated carbocycles. The van der Waals surface area contributed by atoms with Gasteiger partial charge in [-0.05, 0) is 25.7 Å². The number of carbonyl (C=O) groups is 1. The summed E-state index contributed by atoms with van der Waals surface area (Å²) >= 11 is 0. The van der Waals surface area contributed by atoms with Crippen molar-refractivity contribution in [1.29, 1.82) is 0 Å². The van der Waals surface area contributed by atoms with Crippen molar-refractivity contribution in [2.24, 2.45) is 5.92 Å². The molecule has 1 unspecified atom stereocenters. The summed E-state index contributed by atoms with van der Waals surface area (Å²) in [7, 11) is 0. The van der Waals surface area contributed by atoms with Gasteiger partial charge in [0.2, 0.25) is 0 Å². The number of aliphatic hydroxyl groups is 3. The highest BCUT2D eigenvalue weighted by Gasteiger charge is 2.35. The van der Waals surface area contributed by atoms with Crippen LogP contribution in [-0.2, 0) is 4.79 Å². The normalized spacial score (nSPS) is 31.1. The lowest BCUT2D eigenvalue weighted by atomic mass is 9.79. The summed E-state index contributed by atoms with van der Waals surface area (Å²) in [5.41, 5.74) is -0.888. The van der Waals surface area contributed by atoms with Gasteiger partial charge in [-0.1, -0.05) is 0 Å². The molecule has 17 heavy (non-hydrogen) atoms. The van der Waals surface area contributed by atoms with Crippen molar-refractivity contribution in [2.45, 2.75) is 37.4 Å². The molecule has 1 aliphatic rings. The van der Waals surface area contributed by atoms with E-state index in [1.807, 2.05) is 0 Å². The first-order valence-electron chi connectivity index (χ1n) is 5.92. The lowest BCUT2D eigenvalue weighted by molar-refractivity contribution is -0.144.